The third-order valence-corrected chi connectivity index (χ3v) is 2.13. The van der Waals surface area contributed by atoms with Gasteiger partial charge in [-0.3, -0.25) is 0 Å². The van der Waals surface area contributed by atoms with E-state index < -0.39 is 6.00 Å². The lowest BCUT2D eigenvalue weighted by molar-refractivity contribution is 0.152. The Hall–Kier alpha value is 0.0249. The molecule has 1 aliphatic rings. The fourth-order valence-corrected chi connectivity index (χ4v) is 1.48. The molecule has 2 radical (unpaired) electrons. The van der Waals surface area contributed by atoms with E-state index in [0.29, 0.717) is 5.92 Å². The molecular formula is C7H13BO. The molecule has 1 N–H and O–H groups in total. The van der Waals surface area contributed by atoms with Crippen LogP contribution in [0.25, 0.3) is 0 Å². The Morgan fingerprint density at radius 1 is 1.22 bits per heavy atom. The van der Waals surface area contributed by atoms with E-state index in [9.17, 15) is 0 Å². The Bertz CT molecular complexity index is 77.0. The lowest BCUT2D eigenvalue weighted by Crippen LogP contribution is -2.22. The molecule has 0 aliphatic heterocycles. The predicted molar refractivity (Wildman–Crippen MR) is 38.3 cm³/mol. The maximum Gasteiger partial charge on any atom is 0.108 e. The van der Waals surface area contributed by atoms with Crippen LogP contribution >= 0.6 is 0 Å². The van der Waals surface area contributed by atoms with E-state index in [-0.39, 0.29) is 0 Å². The summed E-state index contributed by atoms with van der Waals surface area (Å²) in [5.41, 5.74) is 0. The van der Waals surface area contributed by atoms with Gasteiger partial charge in [0.2, 0.25) is 0 Å². The number of hydrogen-bond acceptors (Lipinski definition) is 1. The van der Waals surface area contributed by atoms with E-state index >= 15 is 0 Å². The molecule has 0 aromatic heterocycles. The minimum Gasteiger partial charge on any atom is -0.403 e. The second-order valence-corrected chi connectivity index (χ2v) is 2.89. The summed E-state index contributed by atoms with van der Waals surface area (Å²) in [6.07, 6.45) is 6.07. The summed E-state index contributed by atoms with van der Waals surface area (Å²) in [4.78, 5) is 0. The Labute approximate surface area is 57.9 Å². The van der Waals surface area contributed by atoms with Crippen molar-refractivity contribution in [3.63, 3.8) is 0 Å². The average molecular weight is 124 g/mol. The monoisotopic (exact) mass is 124 g/mol. The molecule has 0 bridgehead atoms. The third kappa shape index (κ3) is 2.01. The molecule has 1 rings (SSSR count). The number of aliphatic hydroxyl groups is 1. The van der Waals surface area contributed by atoms with E-state index in [1.54, 1.807) is 0 Å². The van der Waals surface area contributed by atoms with Crippen molar-refractivity contribution in [3.8, 4) is 0 Å². The molecule has 0 aromatic rings. The maximum atomic E-state index is 8.95. The van der Waals surface area contributed by atoms with E-state index in [4.69, 9.17) is 13.0 Å². The van der Waals surface area contributed by atoms with Crippen LogP contribution in [0, 0.1) is 5.92 Å². The summed E-state index contributed by atoms with van der Waals surface area (Å²) in [5, 5.41) is 8.95. The fourth-order valence-electron chi connectivity index (χ4n) is 1.48. The normalized spacial score (nSPS) is 25.9. The molecule has 2 heteroatoms. The molecule has 1 fully saturated rings. The molecule has 0 heterocycles. The Morgan fingerprint density at radius 2 is 1.78 bits per heavy atom. The molecule has 50 valence electrons. The highest BCUT2D eigenvalue weighted by molar-refractivity contribution is 6.10. The number of aliphatic hydroxyl groups excluding tert-OH is 1. The van der Waals surface area contributed by atoms with Crippen LogP contribution in [0.15, 0.2) is 0 Å². The van der Waals surface area contributed by atoms with Crippen LogP contribution in [-0.4, -0.2) is 19.0 Å². The second-order valence-electron chi connectivity index (χ2n) is 2.89. The van der Waals surface area contributed by atoms with Gasteiger partial charge in [-0.2, -0.15) is 0 Å². The fraction of sp³-hybridized carbons (Fsp3) is 1.00. The van der Waals surface area contributed by atoms with Crippen molar-refractivity contribution in [3.05, 3.63) is 0 Å². The first kappa shape index (κ1) is 7.14. The molecule has 1 saturated carbocycles. The van der Waals surface area contributed by atoms with Gasteiger partial charge in [-0.25, -0.2) is 0 Å². The molecule has 1 aliphatic carbocycles. The molecule has 0 amide bonds. The lowest BCUT2D eigenvalue weighted by Gasteiger charge is -2.23. The largest absolute Gasteiger partial charge is 0.403 e. The summed E-state index contributed by atoms with van der Waals surface area (Å²) in [7, 11) is 5.32. The topological polar surface area (TPSA) is 20.2 Å². The Balaban J connectivity index is 2.23. The van der Waals surface area contributed by atoms with Crippen LogP contribution in [0.4, 0.5) is 0 Å². The first-order valence-electron chi connectivity index (χ1n) is 3.74. The van der Waals surface area contributed by atoms with Gasteiger partial charge < -0.3 is 5.11 Å². The second kappa shape index (κ2) is 3.26. The van der Waals surface area contributed by atoms with Crippen molar-refractivity contribution >= 4 is 7.85 Å². The van der Waals surface area contributed by atoms with Gasteiger partial charge in [0.05, 0.1) is 0 Å². The average Bonchev–Trinajstić information content (AvgIpc) is 1.90. The van der Waals surface area contributed by atoms with Crippen molar-refractivity contribution in [2.75, 3.05) is 0 Å². The summed E-state index contributed by atoms with van der Waals surface area (Å²) >= 11 is 0. The Kier molecular flexibility index (Phi) is 2.58. The van der Waals surface area contributed by atoms with Gasteiger partial charge in [0.15, 0.2) is 0 Å². The van der Waals surface area contributed by atoms with Gasteiger partial charge in [-0.05, 0) is 18.8 Å². The van der Waals surface area contributed by atoms with E-state index in [0.717, 1.165) is 12.8 Å². The highest BCUT2D eigenvalue weighted by Crippen LogP contribution is 2.24. The molecule has 1 nitrogen and oxygen atoms in total. The summed E-state index contributed by atoms with van der Waals surface area (Å²) in [6, 6.07) is -0.565. The van der Waals surface area contributed by atoms with Crippen LogP contribution < -0.4 is 0 Å². The minimum atomic E-state index is -0.565. The highest BCUT2D eigenvalue weighted by atomic mass is 16.3. The first-order valence-corrected chi connectivity index (χ1v) is 3.74. The van der Waals surface area contributed by atoms with Gasteiger partial charge in [0, 0.05) is 6.00 Å². The Morgan fingerprint density at radius 3 is 2.11 bits per heavy atom. The summed E-state index contributed by atoms with van der Waals surface area (Å²) in [5.74, 6) is 0.388. The van der Waals surface area contributed by atoms with Crippen LogP contribution in [0.3, 0.4) is 0 Å². The van der Waals surface area contributed by atoms with Crippen LogP contribution in [0.5, 0.6) is 0 Å². The van der Waals surface area contributed by atoms with Gasteiger partial charge in [0.25, 0.3) is 0 Å². The third-order valence-electron chi connectivity index (χ3n) is 2.13. The van der Waals surface area contributed by atoms with Crippen molar-refractivity contribution in [2.45, 2.75) is 38.1 Å². The summed E-state index contributed by atoms with van der Waals surface area (Å²) < 4.78 is 0. The predicted octanol–water partition coefficient (Wildman–Crippen LogP) is 1.05. The zero-order chi connectivity index (χ0) is 6.69. The number of rotatable bonds is 1. The maximum absolute atomic E-state index is 8.95. The highest BCUT2D eigenvalue weighted by Gasteiger charge is 2.16. The van der Waals surface area contributed by atoms with Crippen molar-refractivity contribution in [2.24, 2.45) is 5.92 Å². The van der Waals surface area contributed by atoms with Crippen LogP contribution in [0.1, 0.15) is 32.1 Å². The quantitative estimate of drug-likeness (QED) is 0.518. The molecule has 0 spiro atoms. The molecule has 1 atom stereocenters. The molecule has 0 saturated heterocycles. The smallest absolute Gasteiger partial charge is 0.108 e. The lowest BCUT2D eigenvalue weighted by atomic mass is 9.77. The van der Waals surface area contributed by atoms with Gasteiger partial charge in [0.1, 0.15) is 7.85 Å². The molecule has 9 heavy (non-hydrogen) atoms. The van der Waals surface area contributed by atoms with E-state index in [1.165, 1.54) is 19.3 Å². The molecular weight excluding hydrogens is 111 g/mol. The summed E-state index contributed by atoms with van der Waals surface area (Å²) in [6.45, 7) is 0. The van der Waals surface area contributed by atoms with E-state index in [2.05, 4.69) is 0 Å². The first-order chi connectivity index (χ1) is 4.30. The zero-order valence-electron chi connectivity index (χ0n) is 5.71. The number of hydrogen-bond donors (Lipinski definition) is 1. The van der Waals surface area contributed by atoms with E-state index in [1.807, 2.05) is 0 Å². The van der Waals surface area contributed by atoms with Gasteiger partial charge >= 0.3 is 0 Å². The minimum absolute atomic E-state index is 0.388. The SMILES string of the molecule is [B]C(O)C1CCCCC1. The molecule has 1 unspecified atom stereocenters. The van der Waals surface area contributed by atoms with Crippen molar-refractivity contribution < 1.29 is 5.11 Å². The standard InChI is InChI=1S/C7H13BO/c8-7(9)6-4-2-1-3-5-6/h6-7,9H,1-5H2. The molecule has 0 aromatic carbocycles. The van der Waals surface area contributed by atoms with Gasteiger partial charge in [-0.15, -0.1) is 0 Å². The van der Waals surface area contributed by atoms with Gasteiger partial charge in [-0.1, -0.05) is 19.3 Å². The van der Waals surface area contributed by atoms with Crippen LogP contribution in [-0.2, 0) is 0 Å². The van der Waals surface area contributed by atoms with Crippen molar-refractivity contribution in [1.29, 1.82) is 0 Å². The van der Waals surface area contributed by atoms with Crippen molar-refractivity contribution in [1.82, 2.24) is 0 Å². The van der Waals surface area contributed by atoms with Crippen LogP contribution in [0.2, 0.25) is 0 Å². The zero-order valence-corrected chi connectivity index (χ0v) is 5.71.